The molecule has 0 radical (unpaired) electrons. The van der Waals surface area contributed by atoms with Crippen molar-refractivity contribution in [2.45, 2.75) is 61.1 Å². The number of likely N-dealkylation sites (tertiary alicyclic amines) is 1. The van der Waals surface area contributed by atoms with E-state index in [1.165, 1.54) is 29.2 Å². The molecule has 2 aromatic rings. The first-order valence-electron chi connectivity index (χ1n) is 13.2. The number of aromatic hydroxyl groups is 1. The minimum Gasteiger partial charge on any atom is -0.504 e. The second-order valence-electron chi connectivity index (χ2n) is 11.1. The van der Waals surface area contributed by atoms with Gasteiger partial charge in [-0.05, 0) is 67.6 Å². The smallest absolute Gasteiger partial charge is 0.416 e. The zero-order chi connectivity index (χ0) is 27.7. The van der Waals surface area contributed by atoms with E-state index >= 15 is 0 Å². The van der Waals surface area contributed by atoms with Crippen molar-refractivity contribution in [2.24, 2.45) is 0 Å². The lowest BCUT2D eigenvalue weighted by Gasteiger charge is -2.66. The van der Waals surface area contributed by atoms with Gasteiger partial charge in [-0.15, -0.1) is 6.58 Å². The SMILES string of the molecule is C=CCN1CC[C@]23c4c5ccc(O)c4OC2CCC(N(C)C(=O)/C=C/c2cccc(C(F)(F)F)c2)[C@@]3(O)[C@H]1C5. The van der Waals surface area contributed by atoms with Crippen molar-refractivity contribution in [3.05, 3.63) is 77.4 Å². The summed E-state index contributed by atoms with van der Waals surface area (Å²) in [4.78, 5) is 17.2. The van der Waals surface area contributed by atoms with E-state index in [2.05, 4.69) is 11.5 Å². The number of benzene rings is 2. The Morgan fingerprint density at radius 1 is 1.28 bits per heavy atom. The highest BCUT2D eigenvalue weighted by Crippen LogP contribution is 2.65. The molecule has 2 aliphatic carbocycles. The zero-order valence-corrected chi connectivity index (χ0v) is 21.6. The number of piperidine rings is 1. The van der Waals surface area contributed by atoms with Gasteiger partial charge in [-0.25, -0.2) is 0 Å². The number of aliphatic hydroxyl groups is 1. The quantitative estimate of drug-likeness (QED) is 0.437. The Morgan fingerprint density at radius 3 is 2.82 bits per heavy atom. The van der Waals surface area contributed by atoms with Crippen molar-refractivity contribution in [3.63, 3.8) is 0 Å². The molecule has 2 unspecified atom stereocenters. The van der Waals surface area contributed by atoms with Crippen LogP contribution in [-0.4, -0.2) is 69.8 Å². The van der Waals surface area contributed by atoms with Crippen LogP contribution < -0.4 is 4.74 Å². The number of carbonyl (C=O) groups is 1. The monoisotopic (exact) mass is 540 g/mol. The van der Waals surface area contributed by atoms with Crippen molar-refractivity contribution < 1.29 is 32.9 Å². The van der Waals surface area contributed by atoms with E-state index in [1.54, 1.807) is 13.1 Å². The summed E-state index contributed by atoms with van der Waals surface area (Å²) in [6.45, 7) is 5.19. The molecule has 1 spiro atoms. The number of amides is 1. The Morgan fingerprint density at radius 2 is 2.08 bits per heavy atom. The molecule has 2 fully saturated rings. The van der Waals surface area contributed by atoms with E-state index in [-0.39, 0.29) is 23.5 Å². The standard InChI is InChI=1S/C30H31F3N2O4/c1-3-14-35-15-13-28-24-11-10-22(29(28,38)23(35)17-19-8-9-21(36)27(39-24)26(19)28)34(2)25(37)12-7-18-5-4-6-20(16-18)30(31,32)33/h3-9,12,16,22-24,36,38H,1,10-11,13-15,17H2,2H3/b12-7+/t22?,23-,24?,28-,29-/m1/s1. The van der Waals surface area contributed by atoms with Gasteiger partial charge in [0.25, 0.3) is 0 Å². The van der Waals surface area contributed by atoms with Crippen LogP contribution in [0.15, 0.2) is 55.1 Å². The van der Waals surface area contributed by atoms with Gasteiger partial charge in [0.1, 0.15) is 11.7 Å². The fourth-order valence-electron chi connectivity index (χ4n) is 7.77. The first kappa shape index (κ1) is 26.0. The number of halogens is 3. The van der Waals surface area contributed by atoms with Crippen LogP contribution in [0.2, 0.25) is 0 Å². The number of nitrogens with zero attached hydrogens (tertiary/aromatic N) is 2. The fraction of sp³-hybridized carbons (Fsp3) is 0.433. The fourth-order valence-corrected chi connectivity index (χ4v) is 7.77. The van der Waals surface area contributed by atoms with Gasteiger partial charge in [0.05, 0.1) is 17.0 Å². The number of hydrogen-bond acceptors (Lipinski definition) is 5. The Hall–Kier alpha value is -3.30. The maximum absolute atomic E-state index is 13.4. The van der Waals surface area contributed by atoms with Crippen molar-refractivity contribution in [3.8, 4) is 11.5 Å². The number of rotatable bonds is 5. The summed E-state index contributed by atoms with van der Waals surface area (Å²) in [5, 5.41) is 23.6. The third kappa shape index (κ3) is 3.59. The van der Waals surface area contributed by atoms with Crippen LogP contribution in [0.4, 0.5) is 13.2 Å². The molecule has 1 saturated carbocycles. The van der Waals surface area contributed by atoms with Gasteiger partial charge in [0.15, 0.2) is 11.5 Å². The summed E-state index contributed by atoms with van der Waals surface area (Å²) in [7, 11) is 1.64. The molecule has 0 aromatic heterocycles. The molecule has 4 aliphatic rings. The average Bonchev–Trinajstić information content (AvgIpc) is 3.24. The number of hydrogen-bond donors (Lipinski definition) is 2. The minimum atomic E-state index is -4.48. The van der Waals surface area contributed by atoms with Crippen LogP contribution in [-0.2, 0) is 22.8 Å². The maximum atomic E-state index is 13.4. The van der Waals surface area contributed by atoms with Crippen molar-refractivity contribution >= 4 is 12.0 Å². The predicted molar refractivity (Wildman–Crippen MR) is 139 cm³/mol. The minimum absolute atomic E-state index is 0.0526. The van der Waals surface area contributed by atoms with E-state index in [0.717, 1.165) is 23.3 Å². The van der Waals surface area contributed by atoms with E-state index < -0.39 is 34.7 Å². The molecular formula is C30H31F3N2O4. The maximum Gasteiger partial charge on any atom is 0.416 e. The topological polar surface area (TPSA) is 73.2 Å². The predicted octanol–water partition coefficient (Wildman–Crippen LogP) is 4.29. The second kappa shape index (κ2) is 8.86. The van der Waals surface area contributed by atoms with Crippen LogP contribution in [0.1, 0.15) is 41.5 Å². The highest BCUT2D eigenvalue weighted by Gasteiger charge is 2.74. The summed E-state index contributed by atoms with van der Waals surface area (Å²) in [6.07, 6.45) is 1.83. The van der Waals surface area contributed by atoms with Gasteiger partial charge >= 0.3 is 6.18 Å². The lowest BCUT2D eigenvalue weighted by molar-refractivity contribution is -0.215. The summed E-state index contributed by atoms with van der Waals surface area (Å²) in [5.41, 5.74) is -0.801. The van der Waals surface area contributed by atoms with Gasteiger partial charge in [0, 0.05) is 31.3 Å². The van der Waals surface area contributed by atoms with Crippen molar-refractivity contribution in [1.29, 1.82) is 0 Å². The van der Waals surface area contributed by atoms with Crippen molar-refractivity contribution in [1.82, 2.24) is 9.80 Å². The molecule has 2 heterocycles. The summed E-state index contributed by atoms with van der Waals surface area (Å²) in [6, 6.07) is 7.47. The van der Waals surface area contributed by atoms with E-state index in [9.17, 15) is 28.2 Å². The van der Waals surface area contributed by atoms with Gasteiger partial charge in [0.2, 0.25) is 5.91 Å². The van der Waals surface area contributed by atoms with Crippen LogP contribution in [0.5, 0.6) is 11.5 Å². The van der Waals surface area contributed by atoms with Gasteiger partial charge < -0.3 is 19.8 Å². The Kier molecular flexibility index (Phi) is 5.89. The summed E-state index contributed by atoms with van der Waals surface area (Å²) < 4.78 is 45.8. The first-order valence-corrected chi connectivity index (χ1v) is 13.2. The molecule has 206 valence electrons. The molecule has 1 saturated heterocycles. The number of phenols is 1. The molecule has 9 heteroatoms. The van der Waals surface area contributed by atoms with Gasteiger partial charge in [-0.2, -0.15) is 13.2 Å². The zero-order valence-electron chi connectivity index (χ0n) is 21.6. The Bertz CT molecular complexity index is 1370. The summed E-state index contributed by atoms with van der Waals surface area (Å²) >= 11 is 0. The highest BCUT2D eigenvalue weighted by molar-refractivity contribution is 5.92. The molecule has 39 heavy (non-hydrogen) atoms. The molecular weight excluding hydrogens is 509 g/mol. The molecule has 2 aromatic carbocycles. The summed E-state index contributed by atoms with van der Waals surface area (Å²) in [5.74, 6) is 0.0809. The first-order chi connectivity index (χ1) is 18.5. The van der Waals surface area contributed by atoms with Crippen LogP contribution in [0, 0.1) is 0 Å². The van der Waals surface area contributed by atoms with Crippen LogP contribution in [0.25, 0.3) is 6.08 Å². The lowest BCUT2D eigenvalue weighted by Crippen LogP contribution is -2.81. The molecule has 2 aliphatic heterocycles. The van der Waals surface area contributed by atoms with Crippen LogP contribution in [0.3, 0.4) is 0 Å². The number of alkyl halides is 3. The molecule has 1 amide bonds. The lowest BCUT2D eigenvalue weighted by atomic mass is 9.47. The normalized spacial score (nSPS) is 31.1. The van der Waals surface area contributed by atoms with E-state index in [4.69, 9.17) is 4.74 Å². The molecule has 6 nitrogen and oxygen atoms in total. The largest absolute Gasteiger partial charge is 0.504 e. The molecule has 6 rings (SSSR count). The number of likely N-dealkylation sites (N-methyl/N-ethyl adjacent to an activating group) is 1. The van der Waals surface area contributed by atoms with E-state index in [0.29, 0.717) is 44.5 Å². The number of carbonyl (C=O) groups excluding carboxylic acids is 1. The molecule has 2 bridgehead atoms. The second-order valence-corrected chi connectivity index (χ2v) is 11.1. The van der Waals surface area contributed by atoms with Gasteiger partial charge in [-0.1, -0.05) is 24.3 Å². The third-order valence-corrected chi connectivity index (χ3v) is 9.37. The number of phenolic OH excluding ortho intramolecular Hbond substituents is 1. The average molecular weight is 541 g/mol. The Labute approximate surface area is 225 Å². The highest BCUT2D eigenvalue weighted by atomic mass is 19.4. The van der Waals surface area contributed by atoms with Gasteiger partial charge in [-0.3, -0.25) is 9.69 Å². The molecule has 2 N–H and O–H groups in total. The van der Waals surface area contributed by atoms with Crippen molar-refractivity contribution in [2.75, 3.05) is 20.1 Å². The van der Waals surface area contributed by atoms with Crippen LogP contribution >= 0.6 is 0 Å². The Balaban J connectivity index is 1.38. The molecule has 5 atom stereocenters. The number of ether oxygens (including phenoxy) is 1. The third-order valence-electron chi connectivity index (χ3n) is 9.37. The van der Waals surface area contributed by atoms with E-state index in [1.807, 2.05) is 12.1 Å².